The molecule has 1 aromatic carbocycles. The van der Waals surface area contributed by atoms with Crippen LogP contribution in [-0.4, -0.2) is 27.3 Å². The number of carbonyl (C=O) groups excluding carboxylic acids is 1. The second-order valence-electron chi connectivity index (χ2n) is 5.38. The van der Waals surface area contributed by atoms with E-state index in [1.54, 1.807) is 35.2 Å². The van der Waals surface area contributed by atoms with Gasteiger partial charge < -0.3 is 14.3 Å². The third-order valence-corrected chi connectivity index (χ3v) is 3.81. The van der Waals surface area contributed by atoms with E-state index in [2.05, 4.69) is 9.97 Å². The van der Waals surface area contributed by atoms with Crippen LogP contribution in [0.25, 0.3) is 10.9 Å². The molecule has 2 heterocycles. The summed E-state index contributed by atoms with van der Waals surface area (Å²) in [4.78, 5) is 33.4. The van der Waals surface area contributed by atoms with Gasteiger partial charge in [0, 0.05) is 11.6 Å². The average Bonchev–Trinajstić information content (AvgIpc) is 3.07. The summed E-state index contributed by atoms with van der Waals surface area (Å²) in [6.07, 6.45) is 2.23. The van der Waals surface area contributed by atoms with E-state index in [1.165, 1.54) is 6.26 Å². The summed E-state index contributed by atoms with van der Waals surface area (Å²) < 4.78 is 5.17. The molecule has 0 aliphatic heterocycles. The predicted octanol–water partition coefficient (Wildman–Crippen LogP) is 3.22. The van der Waals surface area contributed by atoms with Crippen molar-refractivity contribution in [3.8, 4) is 0 Å². The highest BCUT2D eigenvalue weighted by atomic mass is 35.5. The molecule has 3 aromatic rings. The molecule has 1 N–H and O–H groups in total. The first-order valence-electron chi connectivity index (χ1n) is 7.59. The van der Waals surface area contributed by atoms with Crippen LogP contribution < -0.4 is 5.56 Å². The number of aromatic amines is 1. The van der Waals surface area contributed by atoms with Gasteiger partial charge in [-0.2, -0.15) is 0 Å². The van der Waals surface area contributed by atoms with Gasteiger partial charge in [-0.05, 0) is 36.8 Å². The van der Waals surface area contributed by atoms with Gasteiger partial charge >= 0.3 is 0 Å². The molecule has 6 nitrogen and oxygen atoms in total. The lowest BCUT2D eigenvalue weighted by molar-refractivity contribution is 0.0706. The van der Waals surface area contributed by atoms with E-state index in [1.807, 2.05) is 6.92 Å². The van der Waals surface area contributed by atoms with E-state index < -0.39 is 0 Å². The number of rotatable bonds is 5. The normalized spacial score (nSPS) is 10.9. The number of hydrogen-bond acceptors (Lipinski definition) is 4. The molecule has 124 valence electrons. The summed E-state index contributed by atoms with van der Waals surface area (Å²) in [5.74, 6) is 0.424. The fourth-order valence-electron chi connectivity index (χ4n) is 2.50. The Bertz CT molecular complexity index is 918. The molecule has 0 atom stereocenters. The van der Waals surface area contributed by atoms with Crippen LogP contribution in [0.3, 0.4) is 0 Å². The minimum Gasteiger partial charge on any atom is -0.459 e. The van der Waals surface area contributed by atoms with Gasteiger partial charge in [-0.1, -0.05) is 18.5 Å². The van der Waals surface area contributed by atoms with Crippen molar-refractivity contribution in [2.75, 3.05) is 6.54 Å². The summed E-state index contributed by atoms with van der Waals surface area (Å²) in [5.41, 5.74) is 0.247. The molecular formula is C17H16ClN3O3. The van der Waals surface area contributed by atoms with Gasteiger partial charge in [-0.25, -0.2) is 4.98 Å². The van der Waals surface area contributed by atoms with Crippen molar-refractivity contribution >= 4 is 28.4 Å². The number of carbonyl (C=O) groups is 1. The molecule has 2 aromatic heterocycles. The number of H-pyrrole nitrogens is 1. The van der Waals surface area contributed by atoms with Gasteiger partial charge in [0.2, 0.25) is 0 Å². The number of furan rings is 1. The highest BCUT2D eigenvalue weighted by Crippen LogP contribution is 2.15. The summed E-state index contributed by atoms with van der Waals surface area (Å²) in [6.45, 7) is 2.68. The van der Waals surface area contributed by atoms with Crippen LogP contribution in [0, 0.1) is 0 Å². The van der Waals surface area contributed by atoms with Crippen LogP contribution in [0.2, 0.25) is 5.02 Å². The first-order chi connectivity index (χ1) is 11.6. The molecule has 0 aliphatic rings. The Morgan fingerprint density at radius 3 is 2.92 bits per heavy atom. The van der Waals surface area contributed by atoms with Crippen molar-refractivity contribution in [3.05, 3.63) is 63.6 Å². The lowest BCUT2D eigenvalue weighted by Crippen LogP contribution is -2.32. The largest absolute Gasteiger partial charge is 0.459 e. The number of nitrogens with zero attached hydrogens (tertiary/aromatic N) is 2. The first-order valence-corrected chi connectivity index (χ1v) is 7.97. The van der Waals surface area contributed by atoms with E-state index in [0.29, 0.717) is 28.3 Å². The lowest BCUT2D eigenvalue weighted by atomic mass is 10.2. The fourth-order valence-corrected chi connectivity index (χ4v) is 2.66. The van der Waals surface area contributed by atoms with E-state index in [0.717, 1.165) is 6.42 Å². The summed E-state index contributed by atoms with van der Waals surface area (Å²) in [5, 5.41) is 0.964. The van der Waals surface area contributed by atoms with Gasteiger partial charge in [0.05, 0.1) is 23.7 Å². The molecule has 0 aliphatic carbocycles. The zero-order valence-corrected chi connectivity index (χ0v) is 13.8. The predicted molar refractivity (Wildman–Crippen MR) is 91.1 cm³/mol. The lowest BCUT2D eigenvalue weighted by Gasteiger charge is -2.20. The molecule has 1 amide bonds. The molecule has 7 heteroatoms. The van der Waals surface area contributed by atoms with Crippen LogP contribution in [0.4, 0.5) is 0 Å². The number of benzene rings is 1. The molecule has 24 heavy (non-hydrogen) atoms. The quantitative estimate of drug-likeness (QED) is 0.770. The topological polar surface area (TPSA) is 79.2 Å². The number of nitrogens with one attached hydrogen (secondary N) is 1. The third kappa shape index (κ3) is 3.33. The van der Waals surface area contributed by atoms with Crippen molar-refractivity contribution in [2.45, 2.75) is 19.9 Å². The molecule has 0 unspecified atom stereocenters. The molecule has 0 saturated heterocycles. The minimum atomic E-state index is -0.256. The average molecular weight is 346 g/mol. The van der Waals surface area contributed by atoms with Gasteiger partial charge in [0.15, 0.2) is 5.76 Å². The van der Waals surface area contributed by atoms with Crippen LogP contribution in [-0.2, 0) is 6.54 Å². The molecule has 3 rings (SSSR count). The van der Waals surface area contributed by atoms with Gasteiger partial charge in [0.1, 0.15) is 5.82 Å². The molecular weight excluding hydrogens is 330 g/mol. The Kier molecular flexibility index (Phi) is 4.66. The van der Waals surface area contributed by atoms with E-state index in [-0.39, 0.29) is 23.8 Å². The maximum absolute atomic E-state index is 12.5. The molecule has 0 fully saturated rings. The Labute approximate surface area is 143 Å². The maximum atomic E-state index is 12.5. The van der Waals surface area contributed by atoms with Gasteiger partial charge in [-0.3, -0.25) is 9.59 Å². The number of amides is 1. The number of aromatic nitrogens is 2. The fraction of sp³-hybridized carbons (Fsp3) is 0.235. The minimum absolute atomic E-state index is 0.186. The monoisotopic (exact) mass is 345 g/mol. The van der Waals surface area contributed by atoms with E-state index >= 15 is 0 Å². The van der Waals surface area contributed by atoms with Crippen molar-refractivity contribution in [3.63, 3.8) is 0 Å². The zero-order valence-electron chi connectivity index (χ0n) is 13.1. The number of fused-ring (bicyclic) bond motifs is 1. The van der Waals surface area contributed by atoms with Crippen LogP contribution >= 0.6 is 11.6 Å². The highest BCUT2D eigenvalue weighted by molar-refractivity contribution is 6.31. The Hall–Kier alpha value is -2.60. The standard InChI is InChI=1S/C17H16ClN3O3/c1-2-7-21(17(23)14-4-3-8-24-14)10-15-19-13-9-11(18)5-6-12(13)16(22)20-15/h3-6,8-9H,2,7,10H2,1H3,(H,19,20,22). The molecule has 0 bridgehead atoms. The van der Waals surface area contributed by atoms with E-state index in [4.69, 9.17) is 16.0 Å². The van der Waals surface area contributed by atoms with Gasteiger partial charge in [-0.15, -0.1) is 0 Å². The van der Waals surface area contributed by atoms with Crippen LogP contribution in [0.15, 0.2) is 45.8 Å². The van der Waals surface area contributed by atoms with Crippen molar-refractivity contribution in [2.24, 2.45) is 0 Å². The number of halogens is 1. The first kappa shape index (κ1) is 16.3. The molecule has 0 radical (unpaired) electrons. The maximum Gasteiger partial charge on any atom is 0.289 e. The molecule has 0 saturated carbocycles. The van der Waals surface area contributed by atoms with Crippen molar-refractivity contribution < 1.29 is 9.21 Å². The Morgan fingerprint density at radius 2 is 2.21 bits per heavy atom. The zero-order chi connectivity index (χ0) is 17.1. The SMILES string of the molecule is CCCN(Cc1nc2cc(Cl)ccc2c(=O)[nH]1)C(=O)c1ccco1. The van der Waals surface area contributed by atoms with E-state index in [9.17, 15) is 9.59 Å². The van der Waals surface area contributed by atoms with Crippen molar-refractivity contribution in [1.29, 1.82) is 0 Å². The second-order valence-corrected chi connectivity index (χ2v) is 5.81. The third-order valence-electron chi connectivity index (χ3n) is 3.57. The smallest absolute Gasteiger partial charge is 0.289 e. The highest BCUT2D eigenvalue weighted by Gasteiger charge is 2.19. The van der Waals surface area contributed by atoms with Gasteiger partial charge in [0.25, 0.3) is 11.5 Å². The summed E-state index contributed by atoms with van der Waals surface area (Å²) in [6, 6.07) is 8.18. The Balaban J connectivity index is 1.93. The summed E-state index contributed by atoms with van der Waals surface area (Å²) in [7, 11) is 0. The molecule has 0 spiro atoms. The second kappa shape index (κ2) is 6.88. The summed E-state index contributed by atoms with van der Waals surface area (Å²) >= 11 is 5.97. The Morgan fingerprint density at radius 1 is 1.38 bits per heavy atom. The van der Waals surface area contributed by atoms with Crippen molar-refractivity contribution in [1.82, 2.24) is 14.9 Å². The van der Waals surface area contributed by atoms with Crippen LogP contribution in [0.1, 0.15) is 29.7 Å². The van der Waals surface area contributed by atoms with Crippen LogP contribution in [0.5, 0.6) is 0 Å². The number of hydrogen-bond donors (Lipinski definition) is 1.